The van der Waals surface area contributed by atoms with Gasteiger partial charge in [-0.2, -0.15) is 0 Å². The number of nitrogens with two attached hydrogens (primary N) is 1. The van der Waals surface area contributed by atoms with Gasteiger partial charge in [-0.1, -0.05) is 12.1 Å². The Bertz CT molecular complexity index is 1040. The van der Waals surface area contributed by atoms with Gasteiger partial charge in [0.1, 0.15) is 18.2 Å². The van der Waals surface area contributed by atoms with Crippen molar-refractivity contribution >= 4 is 22.9 Å². The summed E-state index contributed by atoms with van der Waals surface area (Å²) < 4.78 is 20.3. The number of rotatable bonds is 6. The van der Waals surface area contributed by atoms with Crippen molar-refractivity contribution in [1.82, 2.24) is 24.8 Å². The maximum atomic E-state index is 13.0. The third-order valence-electron chi connectivity index (χ3n) is 5.08. The van der Waals surface area contributed by atoms with Crippen molar-refractivity contribution in [3.63, 3.8) is 0 Å². The Morgan fingerprint density at radius 1 is 1.30 bits per heavy atom. The minimum absolute atomic E-state index is 0.274. The van der Waals surface area contributed by atoms with Crippen molar-refractivity contribution in [1.29, 1.82) is 0 Å². The molecule has 1 aromatic carbocycles. The van der Waals surface area contributed by atoms with Crippen LogP contribution in [0.2, 0.25) is 0 Å². The molecule has 0 saturated carbocycles. The highest BCUT2D eigenvalue weighted by Gasteiger charge is 2.46. The first-order valence-electron chi connectivity index (χ1n) is 9.46. The van der Waals surface area contributed by atoms with Crippen LogP contribution in [0.25, 0.3) is 11.2 Å². The van der Waals surface area contributed by atoms with Gasteiger partial charge in [-0.15, -0.1) is 0 Å². The second-order valence-electron chi connectivity index (χ2n) is 6.98. The summed E-state index contributed by atoms with van der Waals surface area (Å²) in [5, 5.41) is 16.2. The molecule has 1 aliphatic rings. The van der Waals surface area contributed by atoms with E-state index in [9.17, 15) is 14.3 Å². The van der Waals surface area contributed by atoms with Crippen molar-refractivity contribution in [2.24, 2.45) is 5.73 Å². The van der Waals surface area contributed by atoms with E-state index in [0.717, 1.165) is 5.56 Å². The number of aliphatic hydroxyl groups is 1. The molecular weight excluding hydrogens is 393 g/mol. The highest BCUT2D eigenvalue weighted by molar-refractivity contribution is 5.83. The molecule has 2 aromatic heterocycles. The van der Waals surface area contributed by atoms with Gasteiger partial charge >= 0.3 is 0 Å². The van der Waals surface area contributed by atoms with E-state index in [2.05, 4.69) is 25.6 Å². The number of imidazole rings is 1. The number of aliphatic hydroxyl groups excluding tert-OH is 1. The molecule has 1 amide bonds. The quantitative estimate of drug-likeness (QED) is 0.439. The van der Waals surface area contributed by atoms with Gasteiger partial charge in [-0.3, -0.25) is 9.36 Å². The van der Waals surface area contributed by atoms with E-state index in [1.54, 1.807) is 12.1 Å². The number of carbonyl (C=O) groups is 1. The monoisotopic (exact) mass is 415 g/mol. The molecule has 0 spiro atoms. The number of likely N-dealkylation sites (N-methyl/N-ethyl adjacent to an activating group) is 1. The maximum Gasteiger partial charge on any atom is 0.250 e. The molecule has 11 heteroatoms. The predicted octanol–water partition coefficient (Wildman–Crippen LogP) is -0.0484. The summed E-state index contributed by atoms with van der Waals surface area (Å²) in [4.78, 5) is 24.8. The number of hydrogen-bond donors (Lipinski definition) is 4. The van der Waals surface area contributed by atoms with Crippen LogP contribution < -0.4 is 16.4 Å². The molecule has 158 valence electrons. The van der Waals surface area contributed by atoms with E-state index in [1.165, 1.54) is 36.4 Å². The fourth-order valence-electron chi connectivity index (χ4n) is 3.44. The van der Waals surface area contributed by atoms with Crippen molar-refractivity contribution in [2.75, 3.05) is 18.9 Å². The zero-order chi connectivity index (χ0) is 21.3. The van der Waals surface area contributed by atoms with Crippen LogP contribution in [0.5, 0.6) is 0 Å². The molecule has 4 unspecified atom stereocenters. The van der Waals surface area contributed by atoms with Crippen LogP contribution in [0.1, 0.15) is 11.8 Å². The van der Waals surface area contributed by atoms with Gasteiger partial charge in [-0.25, -0.2) is 19.3 Å². The average Bonchev–Trinajstić information content (AvgIpc) is 3.31. The van der Waals surface area contributed by atoms with E-state index in [0.29, 0.717) is 29.9 Å². The number of carbonyl (C=O) groups excluding carboxylic acids is 1. The molecule has 1 saturated heterocycles. The number of nitrogens with one attached hydrogen (secondary N) is 2. The molecule has 5 N–H and O–H groups in total. The fourth-order valence-corrected chi connectivity index (χ4v) is 3.44. The molecular formula is C19H22FN7O3. The van der Waals surface area contributed by atoms with Crippen LogP contribution >= 0.6 is 0 Å². The minimum Gasteiger partial charge on any atom is -0.387 e. The molecule has 0 radical (unpaired) electrons. The number of amides is 1. The van der Waals surface area contributed by atoms with Gasteiger partial charge in [0, 0.05) is 13.6 Å². The van der Waals surface area contributed by atoms with Crippen LogP contribution in [0, 0.1) is 5.82 Å². The summed E-state index contributed by atoms with van der Waals surface area (Å²) in [6, 6.07) is 5.41. The first kappa shape index (κ1) is 20.1. The van der Waals surface area contributed by atoms with Crippen molar-refractivity contribution in [3.05, 3.63) is 48.3 Å². The smallest absolute Gasteiger partial charge is 0.250 e. The van der Waals surface area contributed by atoms with Gasteiger partial charge in [0.05, 0.1) is 12.4 Å². The maximum absolute atomic E-state index is 13.0. The lowest BCUT2D eigenvalue weighted by Gasteiger charge is -2.16. The van der Waals surface area contributed by atoms with Crippen molar-refractivity contribution in [3.8, 4) is 0 Å². The zero-order valence-corrected chi connectivity index (χ0v) is 16.2. The SMILES string of the molecule is CNC(=O)C1OC(n2cnc3c(NCCc4ccc(F)cc4)ncnc32)C(O)C1N. The number of anilines is 1. The fraction of sp³-hybridized carbons (Fsp3) is 0.368. The summed E-state index contributed by atoms with van der Waals surface area (Å²) in [5.41, 5.74) is 7.87. The molecule has 1 fully saturated rings. The number of fused-ring (bicyclic) bond motifs is 1. The summed E-state index contributed by atoms with van der Waals surface area (Å²) in [5.74, 6) is -0.170. The minimum atomic E-state index is -1.12. The van der Waals surface area contributed by atoms with Gasteiger partial charge < -0.3 is 26.2 Å². The van der Waals surface area contributed by atoms with Crippen molar-refractivity contribution < 1.29 is 19.0 Å². The molecule has 0 bridgehead atoms. The highest BCUT2D eigenvalue weighted by Crippen LogP contribution is 2.31. The van der Waals surface area contributed by atoms with Crippen LogP contribution in [-0.2, 0) is 16.0 Å². The topological polar surface area (TPSA) is 140 Å². The van der Waals surface area contributed by atoms with Gasteiger partial charge in [0.25, 0.3) is 5.91 Å². The lowest BCUT2D eigenvalue weighted by molar-refractivity contribution is -0.134. The number of benzene rings is 1. The Morgan fingerprint density at radius 2 is 2.07 bits per heavy atom. The van der Waals surface area contributed by atoms with Gasteiger partial charge in [0.15, 0.2) is 29.3 Å². The number of nitrogens with zero attached hydrogens (tertiary/aromatic N) is 4. The second-order valence-corrected chi connectivity index (χ2v) is 6.98. The summed E-state index contributed by atoms with van der Waals surface area (Å²) >= 11 is 0. The number of ether oxygens (including phenoxy) is 1. The van der Waals surface area contributed by atoms with E-state index >= 15 is 0 Å². The Morgan fingerprint density at radius 3 is 2.80 bits per heavy atom. The number of aromatic nitrogens is 4. The number of halogens is 1. The summed E-state index contributed by atoms with van der Waals surface area (Å²) in [7, 11) is 1.47. The molecule has 30 heavy (non-hydrogen) atoms. The van der Waals surface area contributed by atoms with Gasteiger partial charge in [0.2, 0.25) is 0 Å². The molecule has 10 nitrogen and oxygen atoms in total. The van der Waals surface area contributed by atoms with Crippen LogP contribution in [-0.4, -0.2) is 62.4 Å². The van der Waals surface area contributed by atoms with Crippen molar-refractivity contribution in [2.45, 2.75) is 30.9 Å². The third kappa shape index (κ3) is 3.70. The van der Waals surface area contributed by atoms with Crippen LogP contribution in [0.3, 0.4) is 0 Å². The standard InChI is InChI=1S/C19H22FN7O3/c1-22-18(29)15-12(21)14(28)19(30-15)27-9-26-13-16(24-8-25-17(13)27)23-7-6-10-2-4-11(20)5-3-10/h2-5,8-9,12,14-15,19,28H,6-7,21H2,1H3,(H,22,29)(H,23,24,25). The molecule has 3 aromatic rings. The number of hydrogen-bond acceptors (Lipinski definition) is 8. The van der Waals surface area contributed by atoms with Crippen LogP contribution in [0.15, 0.2) is 36.9 Å². The Balaban J connectivity index is 1.52. The Hall–Kier alpha value is -3.15. The average molecular weight is 415 g/mol. The second kappa shape index (κ2) is 8.30. The van der Waals surface area contributed by atoms with Gasteiger partial charge in [-0.05, 0) is 24.1 Å². The molecule has 0 aliphatic carbocycles. The zero-order valence-electron chi connectivity index (χ0n) is 16.2. The molecule has 1 aliphatic heterocycles. The lowest BCUT2D eigenvalue weighted by Crippen LogP contribution is -2.46. The Kier molecular flexibility index (Phi) is 5.57. The summed E-state index contributed by atoms with van der Waals surface area (Å²) in [6.45, 7) is 0.552. The first-order chi connectivity index (χ1) is 14.5. The van der Waals surface area contributed by atoms with E-state index in [1.807, 2.05) is 0 Å². The first-order valence-corrected chi connectivity index (χ1v) is 9.46. The van der Waals surface area contributed by atoms with E-state index in [4.69, 9.17) is 10.5 Å². The predicted molar refractivity (Wildman–Crippen MR) is 106 cm³/mol. The highest BCUT2D eigenvalue weighted by atomic mass is 19.1. The Labute approximate surface area is 171 Å². The van der Waals surface area contributed by atoms with Crippen LogP contribution in [0.4, 0.5) is 10.2 Å². The lowest BCUT2D eigenvalue weighted by atomic mass is 10.1. The van der Waals surface area contributed by atoms with E-state index < -0.39 is 30.4 Å². The van der Waals surface area contributed by atoms with E-state index in [-0.39, 0.29) is 5.82 Å². The summed E-state index contributed by atoms with van der Waals surface area (Å²) in [6.07, 6.45) is 0.501. The molecule has 3 heterocycles. The molecule has 4 rings (SSSR count). The normalized spacial score (nSPS) is 23.6. The molecule has 4 atom stereocenters. The largest absolute Gasteiger partial charge is 0.387 e. The third-order valence-corrected chi connectivity index (χ3v) is 5.08.